The Labute approximate surface area is 325 Å². The van der Waals surface area contributed by atoms with Crippen LogP contribution in [0.2, 0.25) is 0 Å². The number of halogens is 1. The molecule has 1 aliphatic rings. The van der Waals surface area contributed by atoms with E-state index >= 15 is 4.39 Å². The number of unbranched alkanes of at least 4 members (excludes halogenated alkanes) is 12. The van der Waals surface area contributed by atoms with Crippen molar-refractivity contribution in [3.05, 3.63) is 35.7 Å². The van der Waals surface area contributed by atoms with Crippen molar-refractivity contribution < 1.29 is 32.8 Å². The zero-order valence-electron chi connectivity index (χ0n) is 33.1. The smallest absolute Gasteiger partial charge is 0.373 e. The highest BCUT2D eigenvalue weighted by atomic mass is 31.2. The normalized spacial score (nSPS) is 15.9. The molecular formula is C40H61FN7O6P. The highest BCUT2D eigenvalue weighted by Gasteiger charge is 2.52. The maximum Gasteiger partial charge on any atom is 0.470 e. The Hall–Kier alpha value is -3.47. The first kappa shape index (κ1) is 44.2. The fourth-order valence-corrected chi connectivity index (χ4v) is 8.56. The number of fused-ring (bicyclic) bond motifs is 1. The summed E-state index contributed by atoms with van der Waals surface area (Å²) in [7, 11) is -5.01. The number of hydrogen-bond acceptors (Lipinski definition) is 8. The Bertz CT molecular complexity index is 1750. The summed E-state index contributed by atoms with van der Waals surface area (Å²) in [5.74, 6) is -0.137. The SMILES string of the molecule is CCCCCCCCCCCCCCCC(CCC#N)(OP(=O)(O)O)C(C)(C)c1ncc(-c2cc3[nH]c(NC(=O)NCC)nc3c([C@H]3CCCO3)c2F)cn1. The predicted molar refractivity (Wildman–Crippen MR) is 212 cm³/mol. The number of hydrogen-bond donors (Lipinski definition) is 5. The minimum atomic E-state index is -5.01. The van der Waals surface area contributed by atoms with Crippen LogP contribution in [0.5, 0.6) is 0 Å². The van der Waals surface area contributed by atoms with E-state index in [1.165, 1.54) is 63.8 Å². The van der Waals surface area contributed by atoms with Crippen LogP contribution in [0, 0.1) is 17.1 Å². The number of rotatable bonds is 24. The molecule has 1 aliphatic heterocycles. The third kappa shape index (κ3) is 12.3. The van der Waals surface area contributed by atoms with Crippen molar-refractivity contribution >= 4 is 30.8 Å². The van der Waals surface area contributed by atoms with Crippen molar-refractivity contribution in [3.63, 3.8) is 0 Å². The van der Waals surface area contributed by atoms with Gasteiger partial charge >= 0.3 is 13.9 Å². The lowest BCUT2D eigenvalue weighted by Crippen LogP contribution is -2.50. The first-order chi connectivity index (χ1) is 26.4. The number of carbonyl (C=O) groups excluding carboxylic acids is 1. The molecule has 0 aliphatic carbocycles. The lowest BCUT2D eigenvalue weighted by Gasteiger charge is -2.45. The van der Waals surface area contributed by atoms with E-state index in [4.69, 9.17) is 9.26 Å². The number of urea groups is 1. The van der Waals surface area contributed by atoms with Crippen LogP contribution in [0.1, 0.15) is 161 Å². The Balaban J connectivity index is 1.54. The number of nitrogens with zero attached hydrogens (tertiary/aromatic N) is 4. The molecule has 13 nitrogen and oxygen atoms in total. The van der Waals surface area contributed by atoms with E-state index < -0.39 is 36.8 Å². The number of nitriles is 1. The summed E-state index contributed by atoms with van der Waals surface area (Å²) in [6, 6.07) is 3.26. The number of carbonyl (C=O) groups is 1. The highest BCUT2D eigenvalue weighted by Crippen LogP contribution is 2.53. The fraction of sp³-hybridized carbons (Fsp3) is 0.675. The van der Waals surface area contributed by atoms with E-state index in [2.05, 4.69) is 43.6 Å². The lowest BCUT2D eigenvalue weighted by molar-refractivity contribution is -0.0411. The van der Waals surface area contributed by atoms with Crippen molar-refractivity contribution in [1.29, 1.82) is 5.26 Å². The average molecular weight is 786 g/mol. The molecule has 2 amide bonds. The van der Waals surface area contributed by atoms with Crippen LogP contribution in [0.25, 0.3) is 22.2 Å². The fourth-order valence-electron chi connectivity index (χ4n) is 7.70. The van der Waals surface area contributed by atoms with Crippen LogP contribution in [-0.2, 0) is 19.2 Å². The van der Waals surface area contributed by atoms with Gasteiger partial charge in [0.25, 0.3) is 0 Å². The molecule has 304 valence electrons. The van der Waals surface area contributed by atoms with Gasteiger partial charge in [0.1, 0.15) is 11.6 Å². The summed E-state index contributed by atoms with van der Waals surface area (Å²) in [5, 5.41) is 14.9. The highest BCUT2D eigenvalue weighted by molar-refractivity contribution is 7.46. The number of ether oxygens (including phenoxy) is 1. The molecule has 5 N–H and O–H groups in total. The summed E-state index contributed by atoms with van der Waals surface area (Å²) in [5.41, 5.74) is -0.940. The molecule has 55 heavy (non-hydrogen) atoms. The van der Waals surface area contributed by atoms with Crippen molar-refractivity contribution in [3.8, 4) is 17.2 Å². The molecule has 4 rings (SSSR count). The number of aromatic amines is 1. The molecule has 0 spiro atoms. The number of aromatic nitrogens is 4. The van der Waals surface area contributed by atoms with Gasteiger partial charge in [-0.1, -0.05) is 90.4 Å². The summed E-state index contributed by atoms with van der Waals surface area (Å²) in [6.45, 7) is 8.47. The largest absolute Gasteiger partial charge is 0.470 e. The first-order valence-corrected chi connectivity index (χ1v) is 21.7. The van der Waals surface area contributed by atoms with Crippen molar-refractivity contribution in [1.82, 2.24) is 25.3 Å². The molecule has 1 saturated heterocycles. The van der Waals surface area contributed by atoms with Gasteiger partial charge in [0.05, 0.1) is 34.2 Å². The maximum atomic E-state index is 16.5. The van der Waals surface area contributed by atoms with Gasteiger partial charge in [-0.15, -0.1) is 0 Å². The van der Waals surface area contributed by atoms with Gasteiger partial charge in [-0.3, -0.25) is 9.84 Å². The molecule has 1 aromatic carbocycles. The number of H-pyrrole nitrogens is 1. The van der Waals surface area contributed by atoms with E-state index in [1.54, 1.807) is 26.8 Å². The van der Waals surface area contributed by atoms with Crippen LogP contribution < -0.4 is 10.6 Å². The molecule has 0 radical (unpaired) electrons. The molecule has 1 fully saturated rings. The minimum absolute atomic E-state index is 0.0122. The summed E-state index contributed by atoms with van der Waals surface area (Å²) in [4.78, 5) is 49.3. The number of anilines is 1. The molecule has 2 aromatic heterocycles. The number of imidazole rings is 1. The Kier molecular flexibility index (Phi) is 17.0. The van der Waals surface area contributed by atoms with Crippen LogP contribution in [-0.4, -0.2) is 54.5 Å². The van der Waals surface area contributed by atoms with Crippen LogP contribution in [0.3, 0.4) is 0 Å². The number of phosphoric acid groups is 1. The van der Waals surface area contributed by atoms with Crippen LogP contribution in [0.15, 0.2) is 18.5 Å². The summed E-state index contributed by atoms with van der Waals surface area (Å²) in [6.07, 6.45) is 19.2. The summed E-state index contributed by atoms with van der Waals surface area (Å²) < 4.78 is 40.6. The molecule has 1 unspecified atom stereocenters. The zero-order chi connectivity index (χ0) is 39.9. The van der Waals surface area contributed by atoms with Gasteiger partial charge in [-0.2, -0.15) is 5.26 Å². The second kappa shape index (κ2) is 21.2. The van der Waals surface area contributed by atoms with Crippen molar-refractivity contribution in [2.24, 2.45) is 0 Å². The topological polar surface area (TPSA) is 195 Å². The van der Waals surface area contributed by atoms with Crippen molar-refractivity contribution in [2.75, 3.05) is 18.5 Å². The minimum Gasteiger partial charge on any atom is -0.373 e. The summed E-state index contributed by atoms with van der Waals surface area (Å²) >= 11 is 0. The van der Waals surface area contributed by atoms with Gasteiger partial charge in [0.15, 0.2) is 0 Å². The first-order valence-electron chi connectivity index (χ1n) is 20.2. The Morgan fingerprint density at radius 1 is 1.04 bits per heavy atom. The second-order valence-electron chi connectivity index (χ2n) is 15.3. The zero-order valence-corrected chi connectivity index (χ0v) is 34.0. The molecule has 0 saturated carbocycles. The molecule has 2 atom stereocenters. The van der Waals surface area contributed by atoms with Crippen molar-refractivity contribution in [2.45, 2.75) is 160 Å². The Morgan fingerprint density at radius 2 is 1.65 bits per heavy atom. The van der Waals surface area contributed by atoms with E-state index in [0.717, 1.165) is 32.1 Å². The third-order valence-corrected chi connectivity index (χ3v) is 11.4. The van der Waals surface area contributed by atoms with Gasteiger partial charge in [0, 0.05) is 48.7 Å². The number of phosphoric ester groups is 1. The number of benzene rings is 1. The standard InChI is InChI=1S/C40H61FN7O6P/c1-5-7-8-9-10-11-12-13-14-15-16-17-18-22-40(23-20-24-42,54-55(50,51)52)39(3,4)36-44-27-29(28-45-36)30-26-31-35(33(34(30)41)32-21-19-25-53-32)47-37(46-31)48-38(49)43-6-2/h26-28,32H,5-23,25H2,1-4H3,(H2,50,51,52)(H3,43,46,47,48,49)/t32-,40?/m1/s1. The Morgan fingerprint density at radius 3 is 2.20 bits per heavy atom. The third-order valence-electron chi connectivity index (χ3n) is 10.8. The van der Waals surface area contributed by atoms with Gasteiger partial charge in [-0.05, 0) is 52.5 Å². The van der Waals surface area contributed by atoms with Gasteiger partial charge < -0.3 is 24.8 Å². The lowest BCUT2D eigenvalue weighted by atomic mass is 9.69. The molecule has 3 heterocycles. The number of nitrogens with one attached hydrogen (secondary N) is 3. The van der Waals surface area contributed by atoms with Crippen LogP contribution >= 0.6 is 7.82 Å². The molecule has 3 aromatic rings. The number of amides is 2. The molecule has 15 heteroatoms. The average Bonchev–Trinajstić information content (AvgIpc) is 3.82. The maximum absolute atomic E-state index is 16.5. The molecule has 0 bridgehead atoms. The van der Waals surface area contributed by atoms with Gasteiger partial charge in [-0.25, -0.2) is 28.7 Å². The second-order valence-corrected chi connectivity index (χ2v) is 16.4. The van der Waals surface area contributed by atoms with E-state index in [9.17, 15) is 24.4 Å². The van der Waals surface area contributed by atoms with Gasteiger partial charge in [0.2, 0.25) is 5.95 Å². The van der Waals surface area contributed by atoms with E-state index in [1.807, 2.05) is 0 Å². The van der Waals surface area contributed by atoms with E-state index in [-0.39, 0.29) is 42.2 Å². The molecular weight excluding hydrogens is 724 g/mol. The van der Waals surface area contributed by atoms with E-state index in [0.29, 0.717) is 42.6 Å². The predicted octanol–water partition coefficient (Wildman–Crippen LogP) is 10.1. The quantitative estimate of drug-likeness (QED) is 0.0431. The monoisotopic (exact) mass is 785 g/mol. The van der Waals surface area contributed by atoms with Crippen LogP contribution in [0.4, 0.5) is 15.1 Å².